The first kappa shape index (κ1) is 14.7. The molecule has 4 nitrogen and oxygen atoms in total. The van der Waals surface area contributed by atoms with E-state index in [1.165, 1.54) is 0 Å². The second kappa shape index (κ2) is 5.85. The van der Waals surface area contributed by atoms with Crippen LogP contribution in [0.1, 0.15) is 29.4 Å². The van der Waals surface area contributed by atoms with Crippen LogP contribution < -0.4 is 10.1 Å². The van der Waals surface area contributed by atoms with E-state index in [2.05, 4.69) is 37.2 Å². The molecule has 0 spiro atoms. The highest BCUT2D eigenvalue weighted by Gasteiger charge is 2.27. The fraction of sp³-hybridized carbons (Fsp3) is 0.267. The molecular weight excluding hydrogens is 400 g/mol. The predicted molar refractivity (Wildman–Crippen MR) is 89.1 cm³/mol. The summed E-state index contributed by atoms with van der Waals surface area (Å²) < 4.78 is 8.95. The average Bonchev–Trinajstić information content (AvgIpc) is 3.21. The lowest BCUT2D eigenvalue weighted by molar-refractivity contribution is 0.101. The number of nitrogens with zero attached hydrogens (tertiary/aromatic N) is 1. The van der Waals surface area contributed by atoms with Gasteiger partial charge in [-0.1, -0.05) is 0 Å². The maximum Gasteiger partial charge on any atom is 0.272 e. The number of aromatic nitrogens is 1. The van der Waals surface area contributed by atoms with Gasteiger partial charge in [0.15, 0.2) is 0 Å². The van der Waals surface area contributed by atoms with Gasteiger partial charge in [0.05, 0.1) is 11.6 Å². The van der Waals surface area contributed by atoms with E-state index in [0.717, 1.165) is 33.2 Å². The smallest absolute Gasteiger partial charge is 0.272 e. The number of anilines is 1. The van der Waals surface area contributed by atoms with Crippen LogP contribution in [0, 0.1) is 0 Å². The third-order valence-corrected chi connectivity index (χ3v) is 4.45. The Morgan fingerprint density at radius 1 is 1.33 bits per heavy atom. The van der Waals surface area contributed by atoms with Gasteiger partial charge in [0.25, 0.3) is 5.91 Å². The van der Waals surface area contributed by atoms with E-state index >= 15 is 0 Å². The summed E-state index contributed by atoms with van der Waals surface area (Å²) >= 11 is 6.85. The zero-order chi connectivity index (χ0) is 15.0. The maximum atomic E-state index is 12.4. The molecule has 2 aromatic rings. The molecule has 0 unspecified atom stereocenters. The maximum absolute atomic E-state index is 12.4. The van der Waals surface area contributed by atoms with Gasteiger partial charge in [0.1, 0.15) is 11.4 Å². The monoisotopic (exact) mass is 412 g/mol. The van der Waals surface area contributed by atoms with E-state index in [-0.39, 0.29) is 5.91 Å². The Kier molecular flexibility index (Phi) is 4.08. The highest BCUT2D eigenvalue weighted by atomic mass is 79.9. The number of ether oxygens (including phenoxy) is 1. The molecule has 1 aliphatic carbocycles. The molecule has 6 heteroatoms. The number of nitrogens with one attached hydrogen (secondary N) is 1. The summed E-state index contributed by atoms with van der Waals surface area (Å²) in [7, 11) is 1.61. The van der Waals surface area contributed by atoms with Gasteiger partial charge in [0, 0.05) is 22.4 Å². The number of carbonyl (C=O) groups is 1. The number of benzene rings is 1. The Bertz CT molecular complexity index is 693. The molecular formula is C15H14Br2N2O2. The molecule has 3 rings (SSSR count). The van der Waals surface area contributed by atoms with E-state index in [0.29, 0.717) is 11.7 Å². The first-order valence-electron chi connectivity index (χ1n) is 6.61. The van der Waals surface area contributed by atoms with Gasteiger partial charge in [-0.05, 0) is 69.0 Å². The minimum absolute atomic E-state index is 0.107. The summed E-state index contributed by atoms with van der Waals surface area (Å²) in [4.78, 5) is 12.4. The number of hydrogen-bond acceptors (Lipinski definition) is 2. The minimum Gasteiger partial charge on any atom is -0.496 e. The molecule has 0 saturated heterocycles. The van der Waals surface area contributed by atoms with Crippen molar-refractivity contribution in [2.24, 2.45) is 0 Å². The highest BCUT2D eigenvalue weighted by molar-refractivity contribution is 9.10. The molecule has 0 bridgehead atoms. The molecule has 1 aromatic carbocycles. The van der Waals surface area contributed by atoms with Gasteiger partial charge in [-0.3, -0.25) is 4.79 Å². The normalized spacial score (nSPS) is 14.0. The van der Waals surface area contributed by atoms with Crippen LogP contribution in [0.25, 0.3) is 0 Å². The lowest BCUT2D eigenvalue weighted by atomic mass is 10.3. The van der Waals surface area contributed by atoms with Crippen LogP contribution in [0.3, 0.4) is 0 Å². The highest BCUT2D eigenvalue weighted by Crippen LogP contribution is 2.37. The topological polar surface area (TPSA) is 43.3 Å². The average molecular weight is 414 g/mol. The van der Waals surface area contributed by atoms with Crippen molar-refractivity contribution in [1.29, 1.82) is 0 Å². The number of amides is 1. The fourth-order valence-corrected chi connectivity index (χ4v) is 3.20. The van der Waals surface area contributed by atoms with Crippen molar-refractivity contribution in [3.63, 3.8) is 0 Å². The third kappa shape index (κ3) is 3.16. The standard InChI is InChI=1S/C15H14Br2N2O2/c1-21-14-5-2-10(7-12(14)17)18-15(20)13-6-9(16)8-19(13)11-3-4-11/h2,5-8,11H,3-4H2,1H3,(H,18,20). The van der Waals surface area contributed by atoms with Gasteiger partial charge in [0.2, 0.25) is 0 Å². The second-order valence-corrected chi connectivity index (χ2v) is 6.76. The molecule has 0 aliphatic heterocycles. The summed E-state index contributed by atoms with van der Waals surface area (Å²) in [6, 6.07) is 7.78. The molecule has 1 heterocycles. The quantitative estimate of drug-likeness (QED) is 0.795. The lowest BCUT2D eigenvalue weighted by Crippen LogP contribution is -2.16. The van der Waals surface area contributed by atoms with Gasteiger partial charge >= 0.3 is 0 Å². The Hall–Kier alpha value is -1.27. The Balaban J connectivity index is 1.81. The Labute approximate surface area is 139 Å². The predicted octanol–water partition coefficient (Wildman–Crippen LogP) is 4.61. The van der Waals surface area contributed by atoms with Gasteiger partial charge < -0.3 is 14.6 Å². The molecule has 1 aromatic heterocycles. The van der Waals surface area contributed by atoms with Crippen molar-refractivity contribution in [3.05, 3.63) is 45.1 Å². The van der Waals surface area contributed by atoms with Crippen molar-refractivity contribution in [2.75, 3.05) is 12.4 Å². The molecule has 1 saturated carbocycles. The van der Waals surface area contributed by atoms with Crippen LogP contribution in [0.4, 0.5) is 5.69 Å². The molecule has 1 fully saturated rings. The fourth-order valence-electron chi connectivity index (χ4n) is 2.22. The summed E-state index contributed by atoms with van der Waals surface area (Å²) in [5.41, 5.74) is 1.41. The van der Waals surface area contributed by atoms with Crippen LogP contribution in [-0.2, 0) is 0 Å². The van der Waals surface area contributed by atoms with Gasteiger partial charge in [-0.15, -0.1) is 0 Å². The molecule has 0 atom stereocenters. The third-order valence-electron chi connectivity index (χ3n) is 3.40. The second-order valence-electron chi connectivity index (χ2n) is 4.99. The van der Waals surface area contributed by atoms with Crippen molar-refractivity contribution in [3.8, 4) is 5.75 Å². The first-order chi connectivity index (χ1) is 10.1. The van der Waals surface area contributed by atoms with Crippen molar-refractivity contribution < 1.29 is 9.53 Å². The summed E-state index contributed by atoms with van der Waals surface area (Å²) in [6.07, 6.45) is 4.24. The molecule has 21 heavy (non-hydrogen) atoms. The van der Waals surface area contributed by atoms with Crippen molar-refractivity contribution in [1.82, 2.24) is 4.57 Å². The number of hydrogen-bond donors (Lipinski definition) is 1. The van der Waals surface area contributed by atoms with E-state index in [9.17, 15) is 4.79 Å². The van der Waals surface area contributed by atoms with Gasteiger partial charge in [-0.25, -0.2) is 0 Å². The summed E-state index contributed by atoms with van der Waals surface area (Å²) in [5.74, 6) is 0.627. The number of rotatable bonds is 4. The largest absolute Gasteiger partial charge is 0.496 e. The molecule has 110 valence electrons. The Morgan fingerprint density at radius 2 is 2.10 bits per heavy atom. The van der Waals surface area contributed by atoms with Crippen molar-refractivity contribution >= 4 is 43.5 Å². The van der Waals surface area contributed by atoms with Crippen LogP contribution >= 0.6 is 31.9 Å². The summed E-state index contributed by atoms with van der Waals surface area (Å²) in [6.45, 7) is 0. The number of carbonyl (C=O) groups excluding carboxylic acids is 1. The zero-order valence-corrected chi connectivity index (χ0v) is 14.6. The minimum atomic E-state index is -0.107. The SMILES string of the molecule is COc1ccc(NC(=O)c2cc(Br)cn2C2CC2)cc1Br. The van der Waals surface area contributed by atoms with Crippen molar-refractivity contribution in [2.45, 2.75) is 18.9 Å². The Morgan fingerprint density at radius 3 is 2.71 bits per heavy atom. The van der Waals surface area contributed by atoms with E-state index in [4.69, 9.17) is 4.74 Å². The van der Waals surface area contributed by atoms with E-state index in [1.54, 1.807) is 7.11 Å². The molecule has 1 amide bonds. The van der Waals surface area contributed by atoms with Crippen LogP contribution in [0.5, 0.6) is 5.75 Å². The molecule has 0 radical (unpaired) electrons. The first-order valence-corrected chi connectivity index (χ1v) is 8.19. The molecule has 1 aliphatic rings. The zero-order valence-electron chi connectivity index (χ0n) is 11.4. The van der Waals surface area contributed by atoms with Crippen LogP contribution in [0.15, 0.2) is 39.4 Å². The van der Waals surface area contributed by atoms with E-state index in [1.807, 2.05) is 35.0 Å². The van der Waals surface area contributed by atoms with E-state index < -0.39 is 0 Å². The molecule has 1 N–H and O–H groups in total. The van der Waals surface area contributed by atoms with Gasteiger partial charge in [-0.2, -0.15) is 0 Å². The van der Waals surface area contributed by atoms with Crippen LogP contribution in [0.2, 0.25) is 0 Å². The summed E-state index contributed by atoms with van der Waals surface area (Å²) in [5, 5.41) is 2.92. The lowest BCUT2D eigenvalue weighted by Gasteiger charge is -2.10. The van der Waals surface area contributed by atoms with Crippen LogP contribution in [-0.4, -0.2) is 17.6 Å². The number of halogens is 2. The number of methoxy groups -OCH3 is 1.